The molecule has 0 aromatic carbocycles. The predicted octanol–water partition coefficient (Wildman–Crippen LogP) is 1.25. The van der Waals surface area contributed by atoms with E-state index in [9.17, 15) is 0 Å². The standard InChI is InChI=1S/C7H6NO/c1-2-3-4-7-5-8-6-9-7/h4-6H,1H3. The minimum absolute atomic E-state index is 0.698. The Balaban J connectivity index is 2.54. The molecule has 1 aromatic rings. The topological polar surface area (TPSA) is 26.0 Å². The highest BCUT2D eigenvalue weighted by molar-refractivity contribution is 5.21. The quantitative estimate of drug-likeness (QED) is 0.521. The molecule has 0 atom stereocenters. The average molecular weight is 120 g/mol. The highest BCUT2D eigenvalue weighted by atomic mass is 16.3. The van der Waals surface area contributed by atoms with Crippen molar-refractivity contribution in [2.24, 2.45) is 0 Å². The highest BCUT2D eigenvalue weighted by Gasteiger charge is 1.89. The van der Waals surface area contributed by atoms with E-state index in [0.29, 0.717) is 5.76 Å². The van der Waals surface area contributed by atoms with Crippen LogP contribution in [0, 0.1) is 18.3 Å². The lowest BCUT2D eigenvalue weighted by molar-refractivity contribution is 0.536. The smallest absolute Gasteiger partial charge is 0.180 e. The van der Waals surface area contributed by atoms with E-state index < -0.39 is 0 Å². The van der Waals surface area contributed by atoms with Crippen LogP contribution in [-0.4, -0.2) is 4.98 Å². The van der Waals surface area contributed by atoms with Gasteiger partial charge in [0, 0.05) is 0 Å². The van der Waals surface area contributed by atoms with Crippen molar-refractivity contribution in [3.63, 3.8) is 0 Å². The fourth-order valence-corrected chi connectivity index (χ4v) is 0.440. The van der Waals surface area contributed by atoms with Gasteiger partial charge in [0.25, 0.3) is 0 Å². The monoisotopic (exact) mass is 120 g/mol. The molecule has 0 aliphatic rings. The van der Waals surface area contributed by atoms with Crippen molar-refractivity contribution in [2.45, 2.75) is 6.92 Å². The molecule has 0 amide bonds. The van der Waals surface area contributed by atoms with Crippen molar-refractivity contribution in [3.8, 4) is 11.8 Å². The molecule has 2 nitrogen and oxygen atoms in total. The lowest BCUT2D eigenvalue weighted by Gasteiger charge is -1.77. The molecule has 0 saturated carbocycles. The zero-order valence-electron chi connectivity index (χ0n) is 5.09. The van der Waals surface area contributed by atoms with Gasteiger partial charge in [-0.25, -0.2) is 4.98 Å². The van der Waals surface area contributed by atoms with Crippen LogP contribution in [0.15, 0.2) is 17.0 Å². The van der Waals surface area contributed by atoms with Gasteiger partial charge >= 0.3 is 0 Å². The Morgan fingerprint density at radius 3 is 3.22 bits per heavy atom. The molecule has 0 spiro atoms. The molecule has 1 aromatic heterocycles. The molecule has 9 heavy (non-hydrogen) atoms. The molecule has 0 N–H and O–H groups in total. The number of oxazole rings is 1. The van der Waals surface area contributed by atoms with Gasteiger partial charge in [0.15, 0.2) is 6.39 Å². The number of hydrogen-bond donors (Lipinski definition) is 0. The van der Waals surface area contributed by atoms with Crippen LogP contribution < -0.4 is 0 Å². The van der Waals surface area contributed by atoms with Crippen molar-refractivity contribution < 1.29 is 4.42 Å². The van der Waals surface area contributed by atoms with Crippen LogP contribution in [0.2, 0.25) is 0 Å². The minimum Gasteiger partial charge on any atom is -0.447 e. The minimum atomic E-state index is 0.698. The molecule has 2 heteroatoms. The summed E-state index contributed by atoms with van der Waals surface area (Å²) in [6, 6.07) is 0. The van der Waals surface area contributed by atoms with Crippen molar-refractivity contribution in [3.05, 3.63) is 24.8 Å². The molecule has 0 aliphatic heterocycles. The highest BCUT2D eigenvalue weighted by Crippen LogP contribution is 1.97. The van der Waals surface area contributed by atoms with E-state index in [-0.39, 0.29) is 0 Å². The van der Waals surface area contributed by atoms with Crippen LogP contribution in [0.3, 0.4) is 0 Å². The van der Waals surface area contributed by atoms with Gasteiger partial charge in [0.05, 0.1) is 6.20 Å². The van der Waals surface area contributed by atoms with Crippen molar-refractivity contribution in [2.75, 3.05) is 0 Å². The summed E-state index contributed by atoms with van der Waals surface area (Å²) in [5, 5.41) is 0. The van der Waals surface area contributed by atoms with Crippen molar-refractivity contribution >= 4 is 0 Å². The first kappa shape index (κ1) is 5.90. The molecule has 1 radical (unpaired) electrons. The zero-order valence-corrected chi connectivity index (χ0v) is 5.09. The summed E-state index contributed by atoms with van der Waals surface area (Å²) in [4.78, 5) is 3.71. The van der Waals surface area contributed by atoms with Gasteiger partial charge in [-0.3, -0.25) is 0 Å². The second kappa shape index (κ2) is 2.93. The molecule has 0 bridgehead atoms. The molecule has 0 saturated heterocycles. The fourth-order valence-electron chi connectivity index (χ4n) is 0.440. The summed E-state index contributed by atoms with van der Waals surface area (Å²) < 4.78 is 4.87. The van der Waals surface area contributed by atoms with E-state index in [0.717, 1.165) is 0 Å². The van der Waals surface area contributed by atoms with E-state index in [4.69, 9.17) is 4.42 Å². The second-order valence-corrected chi connectivity index (χ2v) is 1.44. The Morgan fingerprint density at radius 1 is 1.78 bits per heavy atom. The van der Waals surface area contributed by atoms with Gasteiger partial charge in [-0.05, 0) is 6.92 Å². The van der Waals surface area contributed by atoms with E-state index in [1.807, 2.05) is 0 Å². The molecule has 0 aliphatic carbocycles. The first-order valence-electron chi connectivity index (χ1n) is 2.57. The molecule has 1 rings (SSSR count). The Hall–Kier alpha value is -1.23. The Labute approximate surface area is 53.9 Å². The first-order chi connectivity index (χ1) is 4.43. The fraction of sp³-hybridized carbons (Fsp3) is 0.143. The van der Waals surface area contributed by atoms with Crippen LogP contribution in [0.5, 0.6) is 0 Å². The van der Waals surface area contributed by atoms with E-state index >= 15 is 0 Å². The van der Waals surface area contributed by atoms with E-state index in [1.54, 1.807) is 19.5 Å². The summed E-state index contributed by atoms with van der Waals surface area (Å²) >= 11 is 0. The summed E-state index contributed by atoms with van der Waals surface area (Å²) in [7, 11) is 0. The maximum atomic E-state index is 4.87. The molecule has 0 fully saturated rings. The Kier molecular flexibility index (Phi) is 1.92. The largest absolute Gasteiger partial charge is 0.447 e. The molecular weight excluding hydrogens is 114 g/mol. The summed E-state index contributed by atoms with van der Waals surface area (Å²) in [5.74, 6) is 6.15. The SMILES string of the molecule is CC#C[CH]c1cnco1. The first-order valence-corrected chi connectivity index (χ1v) is 2.57. The lowest BCUT2D eigenvalue weighted by Crippen LogP contribution is -1.68. The Bertz CT molecular complexity index is 215. The Morgan fingerprint density at radius 2 is 2.67 bits per heavy atom. The molecule has 1 heterocycles. The van der Waals surface area contributed by atoms with Crippen LogP contribution in [0.25, 0.3) is 0 Å². The number of aromatic nitrogens is 1. The summed E-state index contributed by atoms with van der Waals surface area (Å²) in [6.45, 7) is 1.77. The normalized spacial score (nSPS) is 8.11. The number of rotatable bonds is 1. The third-order valence-corrected chi connectivity index (χ3v) is 0.810. The maximum absolute atomic E-state index is 4.87. The van der Waals surface area contributed by atoms with Gasteiger partial charge < -0.3 is 4.42 Å². The van der Waals surface area contributed by atoms with Crippen LogP contribution in [0.4, 0.5) is 0 Å². The predicted molar refractivity (Wildman–Crippen MR) is 33.4 cm³/mol. The van der Waals surface area contributed by atoms with E-state index in [1.165, 1.54) is 6.39 Å². The average Bonchev–Trinajstić information content (AvgIpc) is 2.34. The molecule has 45 valence electrons. The molecular formula is C7H6NO. The number of nitrogens with zero attached hydrogens (tertiary/aromatic N) is 1. The zero-order chi connectivity index (χ0) is 6.53. The van der Waals surface area contributed by atoms with E-state index in [2.05, 4.69) is 16.8 Å². The van der Waals surface area contributed by atoms with Gasteiger partial charge in [0.2, 0.25) is 0 Å². The van der Waals surface area contributed by atoms with Gasteiger partial charge in [-0.15, -0.1) is 5.92 Å². The van der Waals surface area contributed by atoms with Gasteiger partial charge in [-0.1, -0.05) is 5.92 Å². The summed E-state index contributed by atoms with van der Waals surface area (Å²) in [6.07, 6.45) is 4.67. The van der Waals surface area contributed by atoms with Crippen LogP contribution in [0.1, 0.15) is 12.7 Å². The lowest BCUT2D eigenvalue weighted by atomic mass is 10.4. The number of hydrogen-bond acceptors (Lipinski definition) is 2. The maximum Gasteiger partial charge on any atom is 0.180 e. The second-order valence-electron chi connectivity index (χ2n) is 1.44. The van der Waals surface area contributed by atoms with Crippen LogP contribution in [-0.2, 0) is 0 Å². The third kappa shape index (κ3) is 1.61. The van der Waals surface area contributed by atoms with Crippen molar-refractivity contribution in [1.29, 1.82) is 0 Å². The molecule has 0 unspecified atom stereocenters. The van der Waals surface area contributed by atoms with Gasteiger partial charge in [0.1, 0.15) is 12.2 Å². The third-order valence-electron chi connectivity index (χ3n) is 0.810. The van der Waals surface area contributed by atoms with Gasteiger partial charge in [-0.2, -0.15) is 0 Å². The summed E-state index contributed by atoms with van der Waals surface area (Å²) in [5.41, 5.74) is 0. The van der Waals surface area contributed by atoms with Crippen molar-refractivity contribution in [1.82, 2.24) is 4.98 Å². The van der Waals surface area contributed by atoms with Crippen LogP contribution >= 0.6 is 0 Å².